The van der Waals surface area contributed by atoms with Gasteiger partial charge in [0.05, 0.1) is 10.6 Å². The van der Waals surface area contributed by atoms with Crippen molar-refractivity contribution in [2.45, 2.75) is 64.0 Å². The molecule has 1 fully saturated rings. The van der Waals surface area contributed by atoms with Gasteiger partial charge in [0, 0.05) is 29.2 Å². The van der Waals surface area contributed by atoms with E-state index in [1.54, 1.807) is 23.1 Å². The molecular weight excluding hydrogens is 546 g/mol. The highest BCUT2D eigenvalue weighted by Gasteiger charge is 2.31. The first-order chi connectivity index (χ1) is 16.8. The molecule has 1 aliphatic rings. The van der Waals surface area contributed by atoms with Gasteiger partial charge in [0.2, 0.25) is 10.0 Å². The van der Waals surface area contributed by atoms with Gasteiger partial charge >= 0.3 is 6.09 Å². The number of rotatable bonds is 6. The van der Waals surface area contributed by atoms with Crippen molar-refractivity contribution in [3.8, 4) is 0 Å². The fourth-order valence-corrected chi connectivity index (χ4v) is 6.07. The lowest BCUT2D eigenvalue weighted by molar-refractivity contribution is 0.0174. The summed E-state index contributed by atoms with van der Waals surface area (Å²) in [5, 5.41) is 2.82. The lowest BCUT2D eigenvalue weighted by Crippen LogP contribution is -2.46. The fourth-order valence-electron chi connectivity index (χ4n) is 4.10. The first-order valence-corrected chi connectivity index (χ1v) is 14.2. The van der Waals surface area contributed by atoms with Crippen LogP contribution >= 0.6 is 15.9 Å². The van der Waals surface area contributed by atoms with E-state index in [0.29, 0.717) is 41.7 Å². The summed E-state index contributed by atoms with van der Waals surface area (Å²) in [7, 11) is -3.79. The van der Waals surface area contributed by atoms with Crippen LogP contribution < -0.4 is 10.0 Å². The van der Waals surface area contributed by atoms with Crippen molar-refractivity contribution in [1.82, 2.24) is 9.62 Å². The van der Waals surface area contributed by atoms with Gasteiger partial charge in [0.15, 0.2) is 0 Å². The molecule has 0 aliphatic carbocycles. The molecule has 2 amide bonds. The summed E-state index contributed by atoms with van der Waals surface area (Å²) in [6.45, 7) is 10.2. The molecule has 8 nitrogen and oxygen atoms in total. The summed E-state index contributed by atoms with van der Waals surface area (Å²) >= 11 is 3.39. The Bertz CT molecular complexity index is 1220. The number of carbonyl (C=O) groups excluding carboxylic acids is 2. The minimum absolute atomic E-state index is 0.0922. The number of benzene rings is 2. The van der Waals surface area contributed by atoms with Gasteiger partial charge < -0.3 is 15.0 Å². The van der Waals surface area contributed by atoms with Gasteiger partial charge in [-0.3, -0.25) is 4.79 Å². The van der Waals surface area contributed by atoms with Gasteiger partial charge in [-0.05, 0) is 99.1 Å². The van der Waals surface area contributed by atoms with Crippen LogP contribution in [0, 0.1) is 12.8 Å². The molecule has 36 heavy (non-hydrogen) atoms. The van der Waals surface area contributed by atoms with Crippen LogP contribution in [0.1, 0.15) is 56.5 Å². The third-order valence-electron chi connectivity index (χ3n) is 6.13. The second-order valence-electron chi connectivity index (χ2n) is 10.1. The third kappa shape index (κ3) is 7.30. The van der Waals surface area contributed by atoms with Gasteiger partial charge in [0.25, 0.3) is 5.91 Å². The van der Waals surface area contributed by atoms with Crippen LogP contribution in [0.4, 0.5) is 10.5 Å². The minimum Gasteiger partial charge on any atom is -0.444 e. The van der Waals surface area contributed by atoms with Crippen molar-refractivity contribution >= 4 is 43.6 Å². The first kappa shape index (κ1) is 28.1. The number of hydrogen-bond donors (Lipinski definition) is 2. The Morgan fingerprint density at radius 1 is 1.11 bits per heavy atom. The fraction of sp³-hybridized carbons (Fsp3) is 0.462. The van der Waals surface area contributed by atoms with E-state index < -0.39 is 15.6 Å². The first-order valence-electron chi connectivity index (χ1n) is 11.9. The summed E-state index contributed by atoms with van der Waals surface area (Å²) in [4.78, 5) is 26.7. The van der Waals surface area contributed by atoms with Gasteiger partial charge in [-0.15, -0.1) is 0 Å². The van der Waals surface area contributed by atoms with E-state index in [9.17, 15) is 18.0 Å². The molecule has 0 bridgehead atoms. The predicted octanol–water partition coefficient (Wildman–Crippen LogP) is 5.32. The molecule has 0 spiro atoms. The number of piperidine rings is 1. The van der Waals surface area contributed by atoms with Crippen molar-refractivity contribution in [2.75, 3.05) is 18.4 Å². The monoisotopic (exact) mass is 579 g/mol. The average molecular weight is 581 g/mol. The van der Waals surface area contributed by atoms with Crippen molar-refractivity contribution < 1.29 is 22.7 Å². The number of hydrogen-bond acceptors (Lipinski definition) is 5. The van der Waals surface area contributed by atoms with Crippen LogP contribution in [-0.2, 0) is 14.8 Å². The predicted molar refractivity (Wildman–Crippen MR) is 144 cm³/mol. The largest absolute Gasteiger partial charge is 0.444 e. The maximum atomic E-state index is 13.1. The third-order valence-corrected chi connectivity index (χ3v) is 8.34. The Kier molecular flexibility index (Phi) is 8.84. The molecule has 1 aliphatic heterocycles. The number of carbonyl (C=O) groups is 2. The molecule has 1 atom stereocenters. The number of amides is 2. The minimum atomic E-state index is -3.79. The molecule has 0 radical (unpaired) electrons. The van der Waals surface area contributed by atoms with Crippen molar-refractivity contribution in [2.24, 2.45) is 5.92 Å². The highest BCUT2D eigenvalue weighted by Crippen LogP contribution is 2.28. The maximum Gasteiger partial charge on any atom is 0.410 e. The van der Waals surface area contributed by atoms with E-state index in [1.807, 2.05) is 46.8 Å². The zero-order valence-electron chi connectivity index (χ0n) is 21.3. The van der Waals surface area contributed by atoms with E-state index in [2.05, 4.69) is 26.0 Å². The number of nitrogens with zero attached hydrogens (tertiary/aromatic N) is 1. The smallest absolute Gasteiger partial charge is 0.410 e. The lowest BCUT2D eigenvalue weighted by Gasteiger charge is -2.35. The summed E-state index contributed by atoms with van der Waals surface area (Å²) in [5.41, 5.74) is 1.32. The van der Waals surface area contributed by atoms with Gasteiger partial charge in [-0.25, -0.2) is 17.9 Å². The van der Waals surface area contributed by atoms with E-state index in [4.69, 9.17) is 4.74 Å². The van der Waals surface area contributed by atoms with Crippen LogP contribution in [0.3, 0.4) is 0 Å². The number of aryl methyl sites for hydroxylation is 1. The van der Waals surface area contributed by atoms with Crippen LogP contribution in [-0.4, -0.2) is 50.1 Å². The Balaban J connectivity index is 1.61. The number of anilines is 1. The summed E-state index contributed by atoms with van der Waals surface area (Å²) in [6, 6.07) is 11.5. The Morgan fingerprint density at radius 2 is 1.75 bits per heavy atom. The van der Waals surface area contributed by atoms with Crippen LogP contribution in [0.15, 0.2) is 51.8 Å². The lowest BCUT2D eigenvalue weighted by atomic mass is 9.91. The SMILES string of the molecule is Cc1ccccc1C(=O)Nc1ccc(S(=O)(=O)N[C@H](C)C2CCN(C(=O)OC(C)(C)C)CC2)cc1Br. The summed E-state index contributed by atoms with van der Waals surface area (Å²) in [5.74, 6) is -0.177. The van der Waals surface area contributed by atoms with E-state index >= 15 is 0 Å². The molecule has 0 aromatic heterocycles. The molecule has 1 heterocycles. The molecule has 3 rings (SSSR count). The topological polar surface area (TPSA) is 105 Å². The van der Waals surface area contributed by atoms with Gasteiger partial charge in [0.1, 0.15) is 5.60 Å². The van der Waals surface area contributed by atoms with Crippen molar-refractivity contribution in [1.29, 1.82) is 0 Å². The number of ether oxygens (including phenoxy) is 1. The number of nitrogens with one attached hydrogen (secondary N) is 2. The van der Waals surface area contributed by atoms with Crippen LogP contribution in [0.2, 0.25) is 0 Å². The highest BCUT2D eigenvalue weighted by atomic mass is 79.9. The standard InChI is InChI=1S/C26H34BrN3O5S/c1-17-8-6-7-9-21(17)24(31)28-23-11-10-20(16-22(23)27)36(33,34)29-18(2)19-12-14-30(15-13-19)25(32)35-26(3,4)5/h6-11,16,18-19,29H,12-15H2,1-5H3,(H,28,31)/t18-/m1/s1. The molecule has 2 aromatic rings. The van der Waals surface area contributed by atoms with E-state index in [1.165, 1.54) is 12.1 Å². The second kappa shape index (κ2) is 11.3. The number of halogens is 1. The molecule has 0 saturated carbocycles. The van der Waals surface area contributed by atoms with Crippen molar-refractivity contribution in [3.63, 3.8) is 0 Å². The quantitative estimate of drug-likeness (QED) is 0.481. The molecule has 10 heteroatoms. The molecular formula is C26H34BrN3O5S. The second-order valence-corrected chi connectivity index (χ2v) is 12.7. The number of likely N-dealkylation sites (tertiary alicyclic amines) is 1. The van der Waals surface area contributed by atoms with Crippen LogP contribution in [0.25, 0.3) is 0 Å². The zero-order valence-corrected chi connectivity index (χ0v) is 23.7. The summed E-state index contributed by atoms with van der Waals surface area (Å²) < 4.78 is 34.8. The maximum absolute atomic E-state index is 13.1. The number of sulfonamides is 1. The molecule has 2 N–H and O–H groups in total. The summed E-state index contributed by atoms with van der Waals surface area (Å²) in [6.07, 6.45) is 1.01. The van der Waals surface area contributed by atoms with Crippen molar-refractivity contribution in [3.05, 3.63) is 58.1 Å². The highest BCUT2D eigenvalue weighted by molar-refractivity contribution is 9.10. The zero-order chi connectivity index (χ0) is 26.7. The molecule has 2 aromatic carbocycles. The van der Waals surface area contributed by atoms with Gasteiger partial charge in [-0.2, -0.15) is 0 Å². The Labute approximate surface area is 222 Å². The van der Waals surface area contributed by atoms with Crippen LogP contribution in [0.5, 0.6) is 0 Å². The van der Waals surface area contributed by atoms with Gasteiger partial charge in [-0.1, -0.05) is 18.2 Å². The Morgan fingerprint density at radius 3 is 2.33 bits per heavy atom. The normalized spacial score (nSPS) is 15.9. The molecule has 0 unspecified atom stereocenters. The Hall–Kier alpha value is -2.43. The molecule has 1 saturated heterocycles. The van der Waals surface area contributed by atoms with E-state index in [-0.39, 0.29) is 28.9 Å². The van der Waals surface area contributed by atoms with E-state index in [0.717, 1.165) is 5.56 Å². The average Bonchev–Trinajstić information content (AvgIpc) is 2.79. The molecule has 196 valence electrons.